The van der Waals surface area contributed by atoms with Crippen molar-refractivity contribution in [2.24, 2.45) is 5.41 Å². The molecule has 1 saturated heterocycles. The summed E-state index contributed by atoms with van der Waals surface area (Å²) >= 11 is 0. The van der Waals surface area contributed by atoms with Crippen molar-refractivity contribution in [2.75, 3.05) is 18.0 Å². The largest absolute Gasteiger partial charge is 0.371 e. The number of nitriles is 1. The van der Waals surface area contributed by atoms with Gasteiger partial charge in [0.2, 0.25) is 0 Å². The van der Waals surface area contributed by atoms with Crippen LogP contribution in [0.4, 0.5) is 5.69 Å². The molecular formula is C18H20N2. The average Bonchev–Trinajstić information content (AvgIpc) is 2.46. The molecule has 2 nitrogen and oxygen atoms in total. The molecule has 0 N–H and O–H groups in total. The van der Waals surface area contributed by atoms with Crippen LogP contribution in [-0.4, -0.2) is 13.1 Å². The van der Waals surface area contributed by atoms with E-state index in [1.165, 1.54) is 23.9 Å². The Morgan fingerprint density at radius 1 is 1.00 bits per heavy atom. The molecule has 1 fully saturated rings. The van der Waals surface area contributed by atoms with Gasteiger partial charge in [-0.05, 0) is 30.4 Å². The molecule has 2 aromatic carbocycles. The summed E-state index contributed by atoms with van der Waals surface area (Å²) in [7, 11) is 0. The van der Waals surface area contributed by atoms with E-state index < -0.39 is 0 Å². The zero-order valence-corrected chi connectivity index (χ0v) is 12.2. The van der Waals surface area contributed by atoms with Gasteiger partial charge in [-0.15, -0.1) is 0 Å². The summed E-state index contributed by atoms with van der Waals surface area (Å²) in [6.45, 7) is 6.90. The molecule has 0 spiro atoms. The van der Waals surface area contributed by atoms with E-state index in [2.05, 4.69) is 43.0 Å². The standard InChI is InChI=1S/C18H20N2/c1-18(2)9-11-20(12-10-18)17-8-7-14(13-19)15-5-3-4-6-16(15)17/h3-8H,9-12H2,1-2H3. The minimum atomic E-state index is 0.457. The molecule has 2 aromatic rings. The van der Waals surface area contributed by atoms with E-state index in [9.17, 15) is 5.26 Å². The average molecular weight is 264 g/mol. The molecule has 2 heteroatoms. The van der Waals surface area contributed by atoms with Gasteiger partial charge in [0.1, 0.15) is 0 Å². The summed E-state index contributed by atoms with van der Waals surface area (Å²) in [6.07, 6.45) is 2.45. The highest BCUT2D eigenvalue weighted by molar-refractivity contribution is 5.97. The van der Waals surface area contributed by atoms with E-state index in [1.807, 2.05) is 18.2 Å². The number of anilines is 1. The summed E-state index contributed by atoms with van der Waals surface area (Å²) < 4.78 is 0. The van der Waals surface area contributed by atoms with Crippen LogP contribution in [0.2, 0.25) is 0 Å². The van der Waals surface area contributed by atoms with Crippen LogP contribution in [0, 0.1) is 16.7 Å². The van der Waals surface area contributed by atoms with E-state index in [1.54, 1.807) is 0 Å². The molecule has 0 saturated carbocycles. The lowest BCUT2D eigenvalue weighted by molar-refractivity contribution is 0.280. The Labute approximate surface area is 120 Å². The summed E-state index contributed by atoms with van der Waals surface area (Å²) in [6, 6.07) is 14.6. The Hall–Kier alpha value is -2.01. The Morgan fingerprint density at radius 3 is 2.30 bits per heavy atom. The second-order valence-electron chi connectivity index (χ2n) is 6.44. The van der Waals surface area contributed by atoms with E-state index in [0.29, 0.717) is 5.41 Å². The highest BCUT2D eigenvalue weighted by Crippen LogP contribution is 2.35. The Bertz CT molecular complexity index is 669. The molecule has 1 heterocycles. The van der Waals surface area contributed by atoms with Gasteiger partial charge < -0.3 is 4.90 Å². The summed E-state index contributed by atoms with van der Waals surface area (Å²) in [5, 5.41) is 11.5. The minimum Gasteiger partial charge on any atom is -0.371 e. The summed E-state index contributed by atoms with van der Waals surface area (Å²) in [4.78, 5) is 2.47. The Morgan fingerprint density at radius 2 is 1.65 bits per heavy atom. The molecule has 0 amide bonds. The lowest BCUT2D eigenvalue weighted by atomic mass is 9.82. The topological polar surface area (TPSA) is 27.0 Å². The summed E-state index contributed by atoms with van der Waals surface area (Å²) in [5.41, 5.74) is 2.50. The van der Waals surface area contributed by atoms with Crippen molar-refractivity contribution in [3.8, 4) is 6.07 Å². The number of hydrogen-bond acceptors (Lipinski definition) is 2. The number of benzene rings is 2. The molecule has 3 rings (SSSR count). The number of piperidine rings is 1. The molecule has 0 unspecified atom stereocenters. The smallest absolute Gasteiger partial charge is 0.0998 e. The highest BCUT2D eigenvalue weighted by Gasteiger charge is 2.26. The second kappa shape index (κ2) is 4.83. The third-order valence-electron chi connectivity index (χ3n) is 4.48. The first-order chi connectivity index (χ1) is 9.61. The van der Waals surface area contributed by atoms with Crippen LogP contribution in [0.25, 0.3) is 10.8 Å². The van der Waals surface area contributed by atoms with Gasteiger partial charge in [-0.3, -0.25) is 0 Å². The van der Waals surface area contributed by atoms with Gasteiger partial charge in [-0.1, -0.05) is 38.1 Å². The molecular weight excluding hydrogens is 244 g/mol. The molecule has 102 valence electrons. The van der Waals surface area contributed by atoms with Crippen LogP contribution >= 0.6 is 0 Å². The minimum absolute atomic E-state index is 0.457. The fourth-order valence-corrected chi connectivity index (χ4v) is 3.01. The van der Waals surface area contributed by atoms with Gasteiger partial charge in [0.25, 0.3) is 0 Å². The van der Waals surface area contributed by atoms with E-state index >= 15 is 0 Å². The molecule has 0 aromatic heterocycles. The lowest BCUT2D eigenvalue weighted by Gasteiger charge is -2.38. The van der Waals surface area contributed by atoms with Gasteiger partial charge in [0.15, 0.2) is 0 Å². The molecule has 0 bridgehead atoms. The van der Waals surface area contributed by atoms with Crippen LogP contribution in [0.15, 0.2) is 36.4 Å². The quantitative estimate of drug-likeness (QED) is 0.766. The van der Waals surface area contributed by atoms with Crippen LogP contribution in [-0.2, 0) is 0 Å². The predicted molar refractivity (Wildman–Crippen MR) is 83.9 cm³/mol. The number of nitrogens with zero attached hydrogens (tertiary/aromatic N) is 2. The number of hydrogen-bond donors (Lipinski definition) is 0. The third kappa shape index (κ3) is 2.25. The second-order valence-corrected chi connectivity index (χ2v) is 6.44. The van der Waals surface area contributed by atoms with Gasteiger partial charge in [0, 0.05) is 29.5 Å². The van der Waals surface area contributed by atoms with Crippen molar-refractivity contribution in [1.29, 1.82) is 5.26 Å². The van der Waals surface area contributed by atoms with Crippen LogP contribution in [0.5, 0.6) is 0 Å². The molecule has 0 radical (unpaired) electrons. The lowest BCUT2D eigenvalue weighted by Crippen LogP contribution is -2.37. The monoisotopic (exact) mass is 264 g/mol. The Kier molecular flexibility index (Phi) is 3.14. The summed E-state index contributed by atoms with van der Waals surface area (Å²) in [5.74, 6) is 0. The molecule has 0 aliphatic carbocycles. The highest BCUT2D eigenvalue weighted by atomic mass is 15.1. The van der Waals surface area contributed by atoms with Crippen LogP contribution in [0.3, 0.4) is 0 Å². The normalized spacial score (nSPS) is 17.9. The molecule has 1 aliphatic rings. The zero-order valence-electron chi connectivity index (χ0n) is 12.2. The van der Waals surface area contributed by atoms with Crippen molar-refractivity contribution in [3.63, 3.8) is 0 Å². The van der Waals surface area contributed by atoms with Gasteiger partial charge in [-0.2, -0.15) is 5.26 Å². The van der Waals surface area contributed by atoms with Gasteiger partial charge in [0.05, 0.1) is 11.6 Å². The number of fused-ring (bicyclic) bond motifs is 1. The van der Waals surface area contributed by atoms with Crippen molar-refractivity contribution in [1.82, 2.24) is 0 Å². The predicted octanol–water partition coefficient (Wildman–Crippen LogP) is 4.34. The SMILES string of the molecule is CC1(C)CCN(c2ccc(C#N)c3ccccc23)CC1. The van der Waals surface area contributed by atoms with E-state index in [-0.39, 0.29) is 0 Å². The van der Waals surface area contributed by atoms with Crippen LogP contribution < -0.4 is 4.90 Å². The first-order valence-corrected chi connectivity index (χ1v) is 7.27. The van der Waals surface area contributed by atoms with Crippen molar-refractivity contribution in [3.05, 3.63) is 42.0 Å². The third-order valence-corrected chi connectivity index (χ3v) is 4.48. The van der Waals surface area contributed by atoms with Crippen molar-refractivity contribution in [2.45, 2.75) is 26.7 Å². The molecule has 20 heavy (non-hydrogen) atoms. The Balaban J connectivity index is 2.03. The zero-order chi connectivity index (χ0) is 14.2. The fraction of sp³-hybridized carbons (Fsp3) is 0.389. The van der Waals surface area contributed by atoms with Gasteiger partial charge >= 0.3 is 0 Å². The van der Waals surface area contributed by atoms with E-state index in [4.69, 9.17) is 0 Å². The molecule has 1 aliphatic heterocycles. The maximum atomic E-state index is 9.24. The first-order valence-electron chi connectivity index (χ1n) is 7.27. The van der Waals surface area contributed by atoms with Crippen LogP contribution in [0.1, 0.15) is 32.3 Å². The van der Waals surface area contributed by atoms with Gasteiger partial charge in [-0.25, -0.2) is 0 Å². The van der Waals surface area contributed by atoms with Crippen molar-refractivity contribution < 1.29 is 0 Å². The molecule has 0 atom stereocenters. The fourth-order valence-electron chi connectivity index (χ4n) is 3.01. The first kappa shape index (κ1) is 13.0. The maximum absolute atomic E-state index is 9.24. The number of rotatable bonds is 1. The van der Waals surface area contributed by atoms with Crippen molar-refractivity contribution >= 4 is 16.5 Å². The van der Waals surface area contributed by atoms with E-state index in [0.717, 1.165) is 24.0 Å². The maximum Gasteiger partial charge on any atom is 0.0998 e.